The van der Waals surface area contributed by atoms with Crippen molar-refractivity contribution in [1.29, 1.82) is 0 Å². The molecule has 0 spiro atoms. The lowest BCUT2D eigenvalue weighted by atomic mass is 10.0. The lowest BCUT2D eigenvalue weighted by molar-refractivity contribution is 0.102. The van der Waals surface area contributed by atoms with Gasteiger partial charge in [0.1, 0.15) is 0 Å². The van der Waals surface area contributed by atoms with Crippen LogP contribution in [0.2, 0.25) is 5.02 Å². The number of nitrogens with one attached hydrogen (secondary N) is 1. The zero-order valence-electron chi connectivity index (χ0n) is 14.4. The third-order valence-electron chi connectivity index (χ3n) is 3.74. The van der Waals surface area contributed by atoms with Crippen molar-refractivity contribution in [3.63, 3.8) is 0 Å². The van der Waals surface area contributed by atoms with Gasteiger partial charge in [-0.25, -0.2) is 0 Å². The largest absolute Gasteiger partial charge is 0.330 e. The SMILES string of the molecule is CC(C)c1ccc(Nc2nnc(SCC(=O)c3ccccc3Cl)s2)cc1. The number of rotatable bonds is 7. The smallest absolute Gasteiger partial charge is 0.210 e. The van der Waals surface area contributed by atoms with Gasteiger partial charge in [0, 0.05) is 11.3 Å². The number of anilines is 2. The summed E-state index contributed by atoms with van der Waals surface area (Å²) >= 11 is 8.85. The second-order valence-electron chi connectivity index (χ2n) is 5.97. The van der Waals surface area contributed by atoms with Crippen molar-refractivity contribution >= 4 is 51.3 Å². The topological polar surface area (TPSA) is 54.9 Å². The first-order chi connectivity index (χ1) is 12.5. The number of Topliss-reactive ketones (excluding diaryl/α,β-unsaturated/α-hetero) is 1. The number of carbonyl (C=O) groups is 1. The van der Waals surface area contributed by atoms with E-state index in [9.17, 15) is 4.79 Å². The minimum Gasteiger partial charge on any atom is -0.330 e. The number of halogens is 1. The minimum atomic E-state index is -0.0189. The summed E-state index contributed by atoms with van der Waals surface area (Å²) in [6, 6.07) is 15.3. The van der Waals surface area contributed by atoms with Crippen molar-refractivity contribution < 1.29 is 4.79 Å². The van der Waals surface area contributed by atoms with Crippen molar-refractivity contribution in [2.24, 2.45) is 0 Å². The number of nitrogens with zero attached hydrogens (tertiary/aromatic N) is 2. The van der Waals surface area contributed by atoms with Crippen molar-refractivity contribution in [2.75, 3.05) is 11.1 Å². The monoisotopic (exact) mass is 403 g/mol. The maximum atomic E-state index is 12.3. The molecule has 26 heavy (non-hydrogen) atoms. The van der Waals surface area contributed by atoms with Gasteiger partial charge in [-0.3, -0.25) is 4.79 Å². The fraction of sp³-hybridized carbons (Fsp3) is 0.211. The summed E-state index contributed by atoms with van der Waals surface area (Å²) in [6.45, 7) is 4.33. The molecule has 0 bridgehead atoms. The molecule has 0 amide bonds. The summed E-state index contributed by atoms with van der Waals surface area (Å²) in [7, 11) is 0. The average Bonchev–Trinajstić information content (AvgIpc) is 3.08. The van der Waals surface area contributed by atoms with Crippen LogP contribution in [0.3, 0.4) is 0 Å². The van der Waals surface area contributed by atoms with Crippen LogP contribution in [-0.4, -0.2) is 21.7 Å². The number of hydrogen-bond donors (Lipinski definition) is 1. The van der Waals surface area contributed by atoms with Crippen LogP contribution in [0.4, 0.5) is 10.8 Å². The van der Waals surface area contributed by atoms with Gasteiger partial charge >= 0.3 is 0 Å². The highest BCUT2D eigenvalue weighted by Gasteiger charge is 2.12. The molecule has 1 N–H and O–H groups in total. The third-order valence-corrected chi connectivity index (χ3v) is 6.04. The summed E-state index contributed by atoms with van der Waals surface area (Å²) in [5.41, 5.74) is 2.80. The number of aromatic nitrogens is 2. The molecular formula is C19H18ClN3OS2. The summed E-state index contributed by atoms with van der Waals surface area (Å²) in [5.74, 6) is 0.764. The van der Waals surface area contributed by atoms with E-state index in [1.54, 1.807) is 18.2 Å². The molecule has 0 atom stereocenters. The van der Waals surface area contributed by atoms with Crippen LogP contribution in [0.15, 0.2) is 52.9 Å². The van der Waals surface area contributed by atoms with E-state index >= 15 is 0 Å². The Labute approximate surface area is 166 Å². The van der Waals surface area contributed by atoms with E-state index in [1.165, 1.54) is 28.7 Å². The fourth-order valence-corrected chi connectivity index (χ4v) is 4.18. The van der Waals surface area contributed by atoms with E-state index in [4.69, 9.17) is 11.6 Å². The number of carbonyl (C=O) groups excluding carboxylic acids is 1. The molecule has 0 radical (unpaired) electrons. The van der Waals surface area contributed by atoms with Gasteiger partial charge in [-0.15, -0.1) is 10.2 Å². The second-order valence-corrected chi connectivity index (χ2v) is 8.57. The Morgan fingerprint density at radius 2 is 1.88 bits per heavy atom. The van der Waals surface area contributed by atoms with Crippen LogP contribution < -0.4 is 5.32 Å². The Hall–Kier alpha value is -1.89. The molecule has 4 nitrogen and oxygen atoms in total. The summed E-state index contributed by atoms with van der Waals surface area (Å²) in [4.78, 5) is 12.3. The molecule has 3 aromatic rings. The Morgan fingerprint density at radius 1 is 1.15 bits per heavy atom. The Bertz CT molecular complexity index is 894. The number of ketones is 1. The van der Waals surface area contributed by atoms with Gasteiger partial charge in [-0.05, 0) is 35.7 Å². The van der Waals surface area contributed by atoms with Gasteiger partial charge in [0.2, 0.25) is 5.13 Å². The Balaban J connectivity index is 1.58. The zero-order valence-corrected chi connectivity index (χ0v) is 16.8. The fourth-order valence-electron chi connectivity index (χ4n) is 2.29. The second kappa shape index (κ2) is 8.66. The maximum Gasteiger partial charge on any atom is 0.210 e. The number of benzene rings is 2. The van der Waals surface area contributed by atoms with Crippen molar-refractivity contribution in [1.82, 2.24) is 10.2 Å². The summed E-state index contributed by atoms with van der Waals surface area (Å²) in [5, 5.41) is 12.7. The van der Waals surface area contributed by atoms with Gasteiger partial charge in [0.05, 0.1) is 10.8 Å². The predicted octanol–water partition coefficient (Wildman–Crippen LogP) is 6.03. The Morgan fingerprint density at radius 3 is 2.58 bits per heavy atom. The highest BCUT2D eigenvalue weighted by Crippen LogP contribution is 2.29. The molecule has 0 aliphatic heterocycles. The van der Waals surface area contributed by atoms with Crippen LogP contribution >= 0.6 is 34.7 Å². The molecule has 1 aromatic heterocycles. The third kappa shape index (κ3) is 4.84. The molecule has 2 aromatic carbocycles. The van der Waals surface area contributed by atoms with Gasteiger partial charge < -0.3 is 5.32 Å². The highest BCUT2D eigenvalue weighted by atomic mass is 35.5. The highest BCUT2D eigenvalue weighted by molar-refractivity contribution is 8.01. The molecule has 134 valence electrons. The van der Waals surface area contributed by atoms with Crippen LogP contribution in [0.5, 0.6) is 0 Å². The molecule has 1 heterocycles. The first-order valence-electron chi connectivity index (χ1n) is 8.14. The van der Waals surface area contributed by atoms with Gasteiger partial charge in [0.15, 0.2) is 10.1 Å². The van der Waals surface area contributed by atoms with E-state index in [-0.39, 0.29) is 11.5 Å². The van der Waals surface area contributed by atoms with Crippen LogP contribution in [0.25, 0.3) is 0 Å². The standard InChI is InChI=1S/C19H18ClN3OS2/c1-12(2)13-7-9-14(10-8-13)21-18-22-23-19(26-18)25-11-17(24)15-5-3-4-6-16(15)20/h3-10,12H,11H2,1-2H3,(H,21,22). The average molecular weight is 404 g/mol. The molecule has 7 heteroatoms. The number of hydrogen-bond acceptors (Lipinski definition) is 6. The maximum absolute atomic E-state index is 12.3. The van der Waals surface area contributed by atoms with Crippen molar-refractivity contribution in [3.8, 4) is 0 Å². The van der Waals surface area contributed by atoms with Gasteiger partial charge in [0.25, 0.3) is 0 Å². The molecule has 0 aliphatic rings. The zero-order chi connectivity index (χ0) is 18.5. The molecular weight excluding hydrogens is 386 g/mol. The van der Waals surface area contributed by atoms with Crippen LogP contribution in [0.1, 0.15) is 35.7 Å². The summed E-state index contributed by atoms with van der Waals surface area (Å²) in [6.07, 6.45) is 0. The van der Waals surface area contributed by atoms with E-state index < -0.39 is 0 Å². The van der Waals surface area contributed by atoms with E-state index in [0.29, 0.717) is 21.6 Å². The lowest BCUT2D eigenvalue weighted by Gasteiger charge is -2.06. The van der Waals surface area contributed by atoms with E-state index in [0.717, 1.165) is 10.0 Å². The van der Waals surface area contributed by atoms with Crippen LogP contribution in [-0.2, 0) is 0 Å². The van der Waals surface area contributed by atoms with E-state index in [2.05, 4.69) is 41.5 Å². The normalized spacial score (nSPS) is 10.9. The summed E-state index contributed by atoms with van der Waals surface area (Å²) < 4.78 is 0.742. The molecule has 0 saturated carbocycles. The number of thioether (sulfide) groups is 1. The lowest BCUT2D eigenvalue weighted by Crippen LogP contribution is -2.02. The Kier molecular flexibility index (Phi) is 6.29. The minimum absolute atomic E-state index is 0.0189. The molecule has 0 aliphatic carbocycles. The van der Waals surface area contributed by atoms with Crippen molar-refractivity contribution in [3.05, 3.63) is 64.7 Å². The molecule has 0 unspecified atom stereocenters. The predicted molar refractivity (Wildman–Crippen MR) is 110 cm³/mol. The van der Waals surface area contributed by atoms with Gasteiger partial charge in [-0.1, -0.05) is 72.8 Å². The molecule has 0 saturated heterocycles. The van der Waals surface area contributed by atoms with Crippen LogP contribution in [0, 0.1) is 0 Å². The van der Waals surface area contributed by atoms with Gasteiger partial charge in [-0.2, -0.15) is 0 Å². The molecule has 0 fully saturated rings. The first-order valence-corrected chi connectivity index (χ1v) is 10.3. The molecule has 3 rings (SSSR count). The first kappa shape index (κ1) is 18.9. The quantitative estimate of drug-likeness (QED) is 0.385. The van der Waals surface area contributed by atoms with E-state index in [1.807, 2.05) is 18.2 Å². The van der Waals surface area contributed by atoms with Crippen molar-refractivity contribution in [2.45, 2.75) is 24.1 Å².